The average Bonchev–Trinajstić information content (AvgIpc) is 3.15. The van der Waals surface area contributed by atoms with Gasteiger partial charge in [-0.3, -0.25) is 19.9 Å². The number of amides is 1. The number of benzene rings is 1. The molecule has 3 unspecified atom stereocenters. The summed E-state index contributed by atoms with van der Waals surface area (Å²) >= 11 is 0. The van der Waals surface area contributed by atoms with Crippen LogP contribution in [0.2, 0.25) is 0 Å². The van der Waals surface area contributed by atoms with Crippen molar-refractivity contribution in [3.8, 4) is 11.5 Å². The summed E-state index contributed by atoms with van der Waals surface area (Å²) < 4.78 is 10.9. The van der Waals surface area contributed by atoms with E-state index in [9.17, 15) is 4.79 Å². The molecule has 0 saturated carbocycles. The molecule has 0 aromatic heterocycles. The first-order valence-corrected chi connectivity index (χ1v) is 10.9. The Balaban J connectivity index is 1.26. The molecule has 2 saturated heterocycles. The molecular formula is C22H34N4O3. The molecule has 1 aromatic rings. The molecule has 7 heteroatoms. The smallest absolute Gasteiger partial charge is 0.231 e. The van der Waals surface area contributed by atoms with Crippen LogP contribution in [-0.2, 0) is 11.3 Å². The maximum absolute atomic E-state index is 12.7. The van der Waals surface area contributed by atoms with E-state index in [0.717, 1.165) is 57.1 Å². The van der Waals surface area contributed by atoms with E-state index in [0.29, 0.717) is 12.7 Å². The highest BCUT2D eigenvalue weighted by Gasteiger charge is 2.36. The minimum atomic E-state index is -0.0551. The molecule has 0 aliphatic carbocycles. The molecule has 0 radical (unpaired) electrons. The molecule has 29 heavy (non-hydrogen) atoms. The van der Waals surface area contributed by atoms with Crippen LogP contribution in [-0.4, -0.2) is 61.0 Å². The van der Waals surface area contributed by atoms with Crippen LogP contribution in [0.5, 0.6) is 11.5 Å². The SMILES string of the molecule is CC(C)CCC1C(=O)NC(N2CCN(Cc3ccc4c(c3)OCO4)CC2)NC1C. The Bertz CT molecular complexity index is 718. The summed E-state index contributed by atoms with van der Waals surface area (Å²) in [7, 11) is 0. The first-order chi connectivity index (χ1) is 14.0. The molecule has 0 spiro atoms. The van der Waals surface area contributed by atoms with Crippen molar-refractivity contribution in [3.05, 3.63) is 23.8 Å². The highest BCUT2D eigenvalue weighted by Crippen LogP contribution is 2.33. The van der Waals surface area contributed by atoms with Crippen LogP contribution in [0.25, 0.3) is 0 Å². The molecule has 160 valence electrons. The Labute approximate surface area is 173 Å². The second kappa shape index (κ2) is 8.90. The molecule has 7 nitrogen and oxygen atoms in total. The molecule has 2 fully saturated rings. The van der Waals surface area contributed by atoms with Crippen molar-refractivity contribution >= 4 is 5.91 Å². The molecule has 3 atom stereocenters. The third-order valence-corrected chi connectivity index (χ3v) is 6.31. The molecule has 3 aliphatic rings. The number of fused-ring (bicyclic) bond motifs is 1. The summed E-state index contributed by atoms with van der Waals surface area (Å²) in [6.45, 7) is 11.6. The maximum Gasteiger partial charge on any atom is 0.231 e. The Morgan fingerprint density at radius 3 is 2.62 bits per heavy atom. The van der Waals surface area contributed by atoms with Crippen LogP contribution in [0.4, 0.5) is 0 Å². The summed E-state index contributed by atoms with van der Waals surface area (Å²) in [5, 5.41) is 6.84. The van der Waals surface area contributed by atoms with Gasteiger partial charge in [0, 0.05) is 38.8 Å². The number of rotatable bonds is 6. The average molecular weight is 403 g/mol. The fraction of sp³-hybridized carbons (Fsp3) is 0.682. The summed E-state index contributed by atoms with van der Waals surface area (Å²) in [4.78, 5) is 17.5. The number of hydrogen-bond donors (Lipinski definition) is 2. The highest BCUT2D eigenvalue weighted by atomic mass is 16.7. The number of carbonyl (C=O) groups excluding carboxylic acids is 1. The normalized spacial score (nSPS) is 28.0. The Kier molecular flexibility index (Phi) is 6.27. The van der Waals surface area contributed by atoms with Crippen molar-refractivity contribution in [1.82, 2.24) is 20.4 Å². The molecule has 2 N–H and O–H groups in total. The minimum Gasteiger partial charge on any atom is -0.454 e. The third-order valence-electron chi connectivity index (χ3n) is 6.31. The second-order valence-electron chi connectivity index (χ2n) is 8.94. The summed E-state index contributed by atoms with van der Waals surface area (Å²) in [5.41, 5.74) is 1.24. The summed E-state index contributed by atoms with van der Waals surface area (Å²) in [5.74, 6) is 2.57. The van der Waals surface area contributed by atoms with Gasteiger partial charge in [-0.1, -0.05) is 26.3 Å². The first-order valence-electron chi connectivity index (χ1n) is 10.9. The fourth-order valence-electron chi connectivity index (χ4n) is 4.44. The van der Waals surface area contributed by atoms with Crippen molar-refractivity contribution in [1.29, 1.82) is 0 Å². The van der Waals surface area contributed by atoms with Gasteiger partial charge >= 0.3 is 0 Å². The fourth-order valence-corrected chi connectivity index (χ4v) is 4.44. The van der Waals surface area contributed by atoms with Crippen LogP contribution < -0.4 is 20.1 Å². The Morgan fingerprint density at radius 1 is 1.14 bits per heavy atom. The van der Waals surface area contributed by atoms with Gasteiger partial charge in [-0.15, -0.1) is 0 Å². The lowest BCUT2D eigenvalue weighted by Crippen LogP contribution is -2.68. The van der Waals surface area contributed by atoms with Crippen LogP contribution in [0, 0.1) is 11.8 Å². The van der Waals surface area contributed by atoms with Crippen LogP contribution >= 0.6 is 0 Å². The molecule has 3 heterocycles. The lowest BCUT2D eigenvalue weighted by Gasteiger charge is -2.44. The zero-order chi connectivity index (χ0) is 20.4. The zero-order valence-electron chi connectivity index (χ0n) is 17.8. The van der Waals surface area contributed by atoms with Crippen molar-refractivity contribution < 1.29 is 14.3 Å². The van der Waals surface area contributed by atoms with E-state index in [1.807, 2.05) is 6.07 Å². The quantitative estimate of drug-likeness (QED) is 0.759. The lowest BCUT2D eigenvalue weighted by molar-refractivity contribution is -0.133. The van der Waals surface area contributed by atoms with Crippen molar-refractivity contribution in [2.75, 3.05) is 33.0 Å². The summed E-state index contributed by atoms with van der Waals surface area (Å²) in [6.07, 6.45) is 1.99. The van der Waals surface area contributed by atoms with Crippen molar-refractivity contribution in [2.24, 2.45) is 11.8 Å². The summed E-state index contributed by atoms with van der Waals surface area (Å²) in [6, 6.07) is 6.39. The number of nitrogens with one attached hydrogen (secondary N) is 2. The van der Waals surface area contributed by atoms with E-state index >= 15 is 0 Å². The van der Waals surface area contributed by atoms with Crippen LogP contribution in [0.3, 0.4) is 0 Å². The predicted octanol–water partition coefficient (Wildman–Crippen LogP) is 1.98. The van der Waals surface area contributed by atoms with Crippen molar-refractivity contribution in [2.45, 2.75) is 52.5 Å². The molecule has 1 amide bonds. The topological polar surface area (TPSA) is 66.1 Å². The van der Waals surface area contributed by atoms with E-state index in [-0.39, 0.29) is 24.2 Å². The van der Waals surface area contributed by atoms with Gasteiger partial charge in [-0.25, -0.2) is 0 Å². The van der Waals surface area contributed by atoms with Gasteiger partial charge in [0.15, 0.2) is 11.5 Å². The van der Waals surface area contributed by atoms with E-state index < -0.39 is 0 Å². The minimum absolute atomic E-state index is 0.0551. The zero-order valence-corrected chi connectivity index (χ0v) is 17.8. The monoisotopic (exact) mass is 402 g/mol. The number of nitrogens with zero attached hydrogens (tertiary/aromatic N) is 2. The molecular weight excluding hydrogens is 368 g/mol. The maximum atomic E-state index is 12.7. The molecule has 3 aliphatic heterocycles. The van der Waals surface area contributed by atoms with Gasteiger partial charge < -0.3 is 14.8 Å². The number of hydrogen-bond acceptors (Lipinski definition) is 6. The van der Waals surface area contributed by atoms with Gasteiger partial charge in [-0.2, -0.15) is 0 Å². The Hall–Kier alpha value is -1.83. The third kappa shape index (κ3) is 4.85. The van der Waals surface area contributed by atoms with E-state index in [2.05, 4.69) is 53.3 Å². The molecule has 1 aromatic carbocycles. The van der Waals surface area contributed by atoms with Crippen LogP contribution in [0.1, 0.15) is 39.2 Å². The van der Waals surface area contributed by atoms with E-state index in [1.165, 1.54) is 5.56 Å². The first kappa shape index (κ1) is 20.4. The Morgan fingerprint density at radius 2 is 1.90 bits per heavy atom. The number of carbonyl (C=O) groups is 1. The van der Waals surface area contributed by atoms with E-state index in [4.69, 9.17) is 9.47 Å². The molecule has 0 bridgehead atoms. The predicted molar refractivity (Wildman–Crippen MR) is 112 cm³/mol. The van der Waals surface area contributed by atoms with Gasteiger partial charge in [0.05, 0.1) is 5.92 Å². The van der Waals surface area contributed by atoms with Crippen molar-refractivity contribution in [3.63, 3.8) is 0 Å². The van der Waals surface area contributed by atoms with Gasteiger partial charge in [0.25, 0.3) is 0 Å². The van der Waals surface area contributed by atoms with Gasteiger partial charge in [0.2, 0.25) is 12.7 Å². The lowest BCUT2D eigenvalue weighted by atomic mass is 9.90. The van der Waals surface area contributed by atoms with Crippen LogP contribution in [0.15, 0.2) is 18.2 Å². The standard InChI is InChI=1S/C22H34N4O3/c1-15(2)4-6-18-16(3)23-22(24-21(18)27)26-10-8-25(9-11-26)13-17-5-7-19-20(12-17)29-14-28-19/h5,7,12,15-16,18,22-23H,4,6,8-11,13-14H2,1-3H3,(H,24,27). The van der Waals surface area contributed by atoms with Gasteiger partial charge in [0.1, 0.15) is 6.29 Å². The highest BCUT2D eigenvalue weighted by molar-refractivity contribution is 5.80. The van der Waals surface area contributed by atoms with Gasteiger partial charge in [-0.05, 0) is 37.0 Å². The molecule has 4 rings (SSSR count). The second-order valence-corrected chi connectivity index (χ2v) is 8.94. The van der Waals surface area contributed by atoms with E-state index in [1.54, 1.807) is 0 Å². The largest absolute Gasteiger partial charge is 0.454 e. The number of ether oxygens (including phenoxy) is 2. The number of piperazine rings is 1.